The average Bonchev–Trinajstić information content (AvgIpc) is 2.09. The predicted molar refractivity (Wildman–Crippen MR) is 61.0 cm³/mol. The van der Waals surface area contributed by atoms with Gasteiger partial charge in [-0.25, -0.2) is 0 Å². The zero-order chi connectivity index (χ0) is 9.84. The summed E-state index contributed by atoms with van der Waals surface area (Å²) in [6, 6.07) is 4.40. The topological polar surface area (TPSA) is 26.0 Å². The second kappa shape index (κ2) is 4.77. The molecule has 0 aliphatic carbocycles. The van der Waals surface area contributed by atoms with Gasteiger partial charge in [-0.05, 0) is 56.0 Å². The first kappa shape index (κ1) is 10.7. The molecule has 0 fully saturated rings. The molecule has 0 heterocycles. The zero-order valence-corrected chi connectivity index (χ0v) is 9.82. The summed E-state index contributed by atoms with van der Waals surface area (Å²) in [5, 5.41) is 0. The smallest absolute Gasteiger partial charge is 0.0209 e. The third-order valence-electron chi connectivity index (χ3n) is 2.25. The summed E-state index contributed by atoms with van der Waals surface area (Å²) in [5.74, 6) is 0. The first-order valence-corrected chi connectivity index (χ1v) is 5.40. The van der Waals surface area contributed by atoms with Crippen LogP contribution in [0.5, 0.6) is 0 Å². The summed E-state index contributed by atoms with van der Waals surface area (Å²) in [4.78, 5) is 0. The fourth-order valence-corrected chi connectivity index (χ4v) is 2.05. The highest BCUT2D eigenvalue weighted by Crippen LogP contribution is 2.22. The van der Waals surface area contributed by atoms with Gasteiger partial charge in [0.25, 0.3) is 0 Å². The zero-order valence-electron chi connectivity index (χ0n) is 8.23. The van der Waals surface area contributed by atoms with E-state index in [1.165, 1.54) is 21.2 Å². The van der Waals surface area contributed by atoms with E-state index >= 15 is 0 Å². The minimum Gasteiger partial charge on any atom is -0.330 e. The molecule has 2 heteroatoms. The molecule has 0 saturated heterocycles. The van der Waals surface area contributed by atoms with Crippen molar-refractivity contribution in [1.82, 2.24) is 0 Å². The van der Waals surface area contributed by atoms with Crippen LogP contribution in [0.15, 0.2) is 16.6 Å². The van der Waals surface area contributed by atoms with E-state index in [9.17, 15) is 0 Å². The number of aryl methyl sites for hydroxylation is 2. The Bertz CT molecular complexity index is 294. The summed E-state index contributed by atoms with van der Waals surface area (Å²) in [6.07, 6.45) is 2.15. The molecule has 0 spiro atoms. The van der Waals surface area contributed by atoms with Crippen molar-refractivity contribution in [1.29, 1.82) is 0 Å². The van der Waals surface area contributed by atoms with Crippen LogP contribution in [0.1, 0.15) is 23.1 Å². The monoisotopic (exact) mass is 241 g/mol. The number of benzene rings is 1. The van der Waals surface area contributed by atoms with Crippen molar-refractivity contribution in [2.45, 2.75) is 26.7 Å². The Kier molecular flexibility index (Phi) is 3.94. The molecular weight excluding hydrogens is 226 g/mol. The van der Waals surface area contributed by atoms with Crippen molar-refractivity contribution in [3.63, 3.8) is 0 Å². The van der Waals surface area contributed by atoms with E-state index in [1.54, 1.807) is 0 Å². The van der Waals surface area contributed by atoms with Gasteiger partial charge in [-0.3, -0.25) is 0 Å². The molecule has 72 valence electrons. The SMILES string of the molecule is Cc1cc(Br)c(C)c(CCCN)c1. The van der Waals surface area contributed by atoms with Crippen LogP contribution < -0.4 is 5.73 Å². The van der Waals surface area contributed by atoms with Gasteiger partial charge in [0, 0.05) is 4.47 Å². The fraction of sp³-hybridized carbons (Fsp3) is 0.455. The van der Waals surface area contributed by atoms with Gasteiger partial charge in [0.15, 0.2) is 0 Å². The molecule has 0 atom stereocenters. The predicted octanol–water partition coefficient (Wildman–Crippen LogP) is 2.96. The fourth-order valence-electron chi connectivity index (χ4n) is 1.44. The third-order valence-corrected chi connectivity index (χ3v) is 3.07. The molecule has 1 aromatic rings. The molecule has 0 amide bonds. The van der Waals surface area contributed by atoms with Crippen molar-refractivity contribution in [3.8, 4) is 0 Å². The van der Waals surface area contributed by atoms with Crippen molar-refractivity contribution in [2.24, 2.45) is 5.73 Å². The van der Waals surface area contributed by atoms with Crippen LogP contribution in [0.25, 0.3) is 0 Å². The number of nitrogens with two attached hydrogens (primary N) is 1. The van der Waals surface area contributed by atoms with E-state index in [1.807, 2.05) is 0 Å². The Balaban J connectivity index is 2.92. The quantitative estimate of drug-likeness (QED) is 0.866. The van der Waals surface area contributed by atoms with Gasteiger partial charge in [0.05, 0.1) is 0 Å². The molecule has 1 aromatic carbocycles. The van der Waals surface area contributed by atoms with E-state index in [2.05, 4.69) is 41.9 Å². The van der Waals surface area contributed by atoms with Crippen molar-refractivity contribution >= 4 is 15.9 Å². The summed E-state index contributed by atoms with van der Waals surface area (Å²) >= 11 is 3.56. The van der Waals surface area contributed by atoms with Crippen molar-refractivity contribution < 1.29 is 0 Å². The summed E-state index contributed by atoms with van der Waals surface area (Å²) < 4.78 is 1.21. The highest BCUT2D eigenvalue weighted by molar-refractivity contribution is 9.10. The molecule has 0 saturated carbocycles. The highest BCUT2D eigenvalue weighted by Gasteiger charge is 2.02. The van der Waals surface area contributed by atoms with Gasteiger partial charge in [0.2, 0.25) is 0 Å². The molecule has 0 aromatic heterocycles. The lowest BCUT2D eigenvalue weighted by Crippen LogP contribution is -2.01. The highest BCUT2D eigenvalue weighted by atomic mass is 79.9. The standard InChI is InChI=1S/C11H16BrN/c1-8-6-10(4-3-5-13)9(2)11(12)7-8/h6-7H,3-5,13H2,1-2H3. The number of hydrogen-bond acceptors (Lipinski definition) is 1. The van der Waals surface area contributed by atoms with Crippen LogP contribution in [-0.4, -0.2) is 6.54 Å². The summed E-state index contributed by atoms with van der Waals surface area (Å²) in [6.45, 7) is 5.04. The Morgan fingerprint density at radius 1 is 1.31 bits per heavy atom. The first-order valence-electron chi connectivity index (χ1n) is 4.61. The van der Waals surface area contributed by atoms with Crippen LogP contribution in [-0.2, 0) is 6.42 Å². The minimum absolute atomic E-state index is 0.769. The maximum atomic E-state index is 5.49. The molecule has 1 nitrogen and oxygen atoms in total. The van der Waals surface area contributed by atoms with Gasteiger partial charge < -0.3 is 5.73 Å². The number of rotatable bonds is 3. The van der Waals surface area contributed by atoms with Gasteiger partial charge in [0.1, 0.15) is 0 Å². The van der Waals surface area contributed by atoms with Crippen LogP contribution in [0.4, 0.5) is 0 Å². The van der Waals surface area contributed by atoms with E-state index in [-0.39, 0.29) is 0 Å². The normalized spacial score (nSPS) is 10.5. The van der Waals surface area contributed by atoms with E-state index in [4.69, 9.17) is 5.73 Å². The molecule has 0 aliphatic heterocycles. The van der Waals surface area contributed by atoms with Crippen LogP contribution in [0.3, 0.4) is 0 Å². The Morgan fingerprint density at radius 2 is 2.00 bits per heavy atom. The molecular formula is C11H16BrN. The number of halogens is 1. The lowest BCUT2D eigenvalue weighted by molar-refractivity contribution is 0.826. The van der Waals surface area contributed by atoms with E-state index in [0.717, 1.165) is 19.4 Å². The largest absolute Gasteiger partial charge is 0.330 e. The molecule has 0 unspecified atom stereocenters. The Hall–Kier alpha value is -0.340. The van der Waals surface area contributed by atoms with Gasteiger partial charge in [-0.1, -0.05) is 22.0 Å². The van der Waals surface area contributed by atoms with Gasteiger partial charge >= 0.3 is 0 Å². The van der Waals surface area contributed by atoms with Crippen molar-refractivity contribution in [2.75, 3.05) is 6.54 Å². The second-order valence-corrected chi connectivity index (χ2v) is 4.28. The lowest BCUT2D eigenvalue weighted by atomic mass is 10.0. The lowest BCUT2D eigenvalue weighted by Gasteiger charge is -2.08. The van der Waals surface area contributed by atoms with Crippen LogP contribution in [0.2, 0.25) is 0 Å². The average molecular weight is 242 g/mol. The number of hydrogen-bond donors (Lipinski definition) is 1. The maximum Gasteiger partial charge on any atom is 0.0209 e. The molecule has 0 aliphatic rings. The Labute approximate surface area is 88.5 Å². The molecule has 2 N–H and O–H groups in total. The second-order valence-electron chi connectivity index (χ2n) is 3.42. The maximum absolute atomic E-state index is 5.49. The van der Waals surface area contributed by atoms with Crippen LogP contribution in [0, 0.1) is 13.8 Å². The molecule has 13 heavy (non-hydrogen) atoms. The molecule has 0 radical (unpaired) electrons. The van der Waals surface area contributed by atoms with Crippen molar-refractivity contribution in [3.05, 3.63) is 33.3 Å². The molecule has 0 bridgehead atoms. The van der Waals surface area contributed by atoms with E-state index < -0.39 is 0 Å². The third kappa shape index (κ3) is 2.82. The summed E-state index contributed by atoms with van der Waals surface area (Å²) in [7, 11) is 0. The van der Waals surface area contributed by atoms with Crippen LogP contribution >= 0.6 is 15.9 Å². The minimum atomic E-state index is 0.769. The van der Waals surface area contributed by atoms with E-state index in [0.29, 0.717) is 0 Å². The Morgan fingerprint density at radius 3 is 2.62 bits per heavy atom. The van der Waals surface area contributed by atoms with Gasteiger partial charge in [-0.2, -0.15) is 0 Å². The van der Waals surface area contributed by atoms with Gasteiger partial charge in [-0.15, -0.1) is 0 Å². The molecule has 1 rings (SSSR count). The first-order chi connectivity index (χ1) is 6.15. The summed E-state index contributed by atoms with van der Waals surface area (Å²) in [5.41, 5.74) is 9.56.